The molecule has 0 aliphatic carbocycles. The summed E-state index contributed by atoms with van der Waals surface area (Å²) in [7, 11) is 1.55. The van der Waals surface area contributed by atoms with Gasteiger partial charge in [-0.3, -0.25) is 9.59 Å². The summed E-state index contributed by atoms with van der Waals surface area (Å²) < 4.78 is 10.1. The van der Waals surface area contributed by atoms with Gasteiger partial charge in [-0.2, -0.15) is 0 Å². The van der Waals surface area contributed by atoms with Crippen LogP contribution in [0.2, 0.25) is 0 Å². The Morgan fingerprint density at radius 3 is 2.09 bits per heavy atom. The SMILES string of the molecule is CCOC(=O)C(C(C)=O)C(CC(C)=O)c1ccc(OC)cc1. The molecule has 0 radical (unpaired) electrons. The average molecular weight is 306 g/mol. The fraction of sp³-hybridized carbons (Fsp3) is 0.471. The molecule has 0 spiro atoms. The molecule has 0 aromatic heterocycles. The molecule has 2 atom stereocenters. The largest absolute Gasteiger partial charge is 0.497 e. The molecule has 0 bridgehead atoms. The molecule has 0 saturated carbocycles. The Morgan fingerprint density at radius 2 is 1.68 bits per heavy atom. The van der Waals surface area contributed by atoms with Crippen LogP contribution in [0.3, 0.4) is 0 Å². The maximum atomic E-state index is 12.1. The minimum Gasteiger partial charge on any atom is -0.497 e. The second-order valence-electron chi connectivity index (χ2n) is 5.13. The fourth-order valence-electron chi connectivity index (χ4n) is 2.43. The highest BCUT2D eigenvalue weighted by atomic mass is 16.5. The number of carbonyl (C=O) groups excluding carboxylic acids is 3. The third-order valence-corrected chi connectivity index (χ3v) is 3.43. The molecule has 1 aromatic rings. The number of hydrogen-bond donors (Lipinski definition) is 0. The summed E-state index contributed by atoms with van der Waals surface area (Å²) in [6, 6.07) is 7.01. The van der Waals surface area contributed by atoms with Gasteiger partial charge in [0.25, 0.3) is 0 Å². The minimum absolute atomic E-state index is 0.0867. The van der Waals surface area contributed by atoms with Crippen LogP contribution in [0.15, 0.2) is 24.3 Å². The van der Waals surface area contributed by atoms with Crippen LogP contribution < -0.4 is 4.74 Å². The molecule has 0 aliphatic heterocycles. The van der Waals surface area contributed by atoms with E-state index in [4.69, 9.17) is 9.47 Å². The lowest BCUT2D eigenvalue weighted by atomic mass is 9.80. The Balaban J connectivity index is 3.19. The van der Waals surface area contributed by atoms with Crippen molar-refractivity contribution in [1.29, 1.82) is 0 Å². The van der Waals surface area contributed by atoms with Crippen molar-refractivity contribution in [3.63, 3.8) is 0 Å². The lowest BCUT2D eigenvalue weighted by Crippen LogP contribution is -2.31. The van der Waals surface area contributed by atoms with Crippen molar-refractivity contribution in [2.75, 3.05) is 13.7 Å². The number of hydrogen-bond acceptors (Lipinski definition) is 5. The highest BCUT2D eigenvalue weighted by Gasteiger charge is 2.35. The van der Waals surface area contributed by atoms with Crippen molar-refractivity contribution in [2.24, 2.45) is 5.92 Å². The predicted octanol–water partition coefficient (Wildman–Crippen LogP) is 2.53. The monoisotopic (exact) mass is 306 g/mol. The van der Waals surface area contributed by atoms with Crippen molar-refractivity contribution in [2.45, 2.75) is 33.1 Å². The molecular weight excluding hydrogens is 284 g/mol. The number of methoxy groups -OCH3 is 1. The molecule has 2 unspecified atom stereocenters. The van der Waals surface area contributed by atoms with Gasteiger partial charge in [0.1, 0.15) is 23.2 Å². The summed E-state index contributed by atoms with van der Waals surface area (Å²) in [5.74, 6) is -1.81. The number of esters is 1. The third kappa shape index (κ3) is 4.69. The van der Waals surface area contributed by atoms with E-state index in [1.165, 1.54) is 13.8 Å². The van der Waals surface area contributed by atoms with Crippen LogP contribution in [-0.4, -0.2) is 31.3 Å². The van der Waals surface area contributed by atoms with Gasteiger partial charge in [0.05, 0.1) is 13.7 Å². The first-order valence-electron chi connectivity index (χ1n) is 7.21. The highest BCUT2D eigenvalue weighted by molar-refractivity contribution is 5.99. The van der Waals surface area contributed by atoms with E-state index in [0.717, 1.165) is 5.56 Å². The second-order valence-corrected chi connectivity index (χ2v) is 5.13. The van der Waals surface area contributed by atoms with Crippen LogP contribution in [0.25, 0.3) is 0 Å². The molecule has 0 saturated heterocycles. The standard InChI is InChI=1S/C17H22O5/c1-5-22-17(20)16(12(3)19)15(10-11(2)18)13-6-8-14(21-4)9-7-13/h6-9,15-16H,5,10H2,1-4H3. The number of ketones is 2. The van der Waals surface area contributed by atoms with Gasteiger partial charge in [0, 0.05) is 12.3 Å². The van der Waals surface area contributed by atoms with E-state index < -0.39 is 17.8 Å². The first-order chi connectivity index (χ1) is 10.4. The predicted molar refractivity (Wildman–Crippen MR) is 81.8 cm³/mol. The molecule has 120 valence electrons. The van der Waals surface area contributed by atoms with E-state index in [9.17, 15) is 14.4 Å². The quantitative estimate of drug-likeness (QED) is 0.545. The number of carbonyl (C=O) groups is 3. The van der Waals surface area contributed by atoms with Crippen LogP contribution in [0.4, 0.5) is 0 Å². The normalized spacial score (nSPS) is 13.1. The Morgan fingerprint density at radius 1 is 1.09 bits per heavy atom. The number of benzene rings is 1. The highest BCUT2D eigenvalue weighted by Crippen LogP contribution is 2.31. The van der Waals surface area contributed by atoms with Crippen LogP contribution in [0.5, 0.6) is 5.75 Å². The summed E-state index contributed by atoms with van der Waals surface area (Å²) in [5.41, 5.74) is 0.740. The van der Waals surface area contributed by atoms with Crippen LogP contribution in [0, 0.1) is 5.92 Å². The molecular formula is C17H22O5. The molecule has 5 heteroatoms. The average Bonchev–Trinajstić information content (AvgIpc) is 2.46. The van der Waals surface area contributed by atoms with Gasteiger partial charge in [-0.15, -0.1) is 0 Å². The van der Waals surface area contributed by atoms with E-state index in [1.807, 2.05) is 0 Å². The van der Waals surface area contributed by atoms with Crippen LogP contribution in [0.1, 0.15) is 38.7 Å². The lowest BCUT2D eigenvalue weighted by molar-refractivity contribution is -0.152. The second kappa shape index (κ2) is 8.32. The Hall–Kier alpha value is -2.17. The van der Waals surface area contributed by atoms with E-state index in [-0.39, 0.29) is 24.6 Å². The Bertz CT molecular complexity index is 532. The molecule has 0 fully saturated rings. The summed E-state index contributed by atoms with van der Waals surface area (Å²) in [6.45, 7) is 4.66. The van der Waals surface area contributed by atoms with Gasteiger partial charge < -0.3 is 14.3 Å². The van der Waals surface area contributed by atoms with Gasteiger partial charge in [-0.25, -0.2) is 0 Å². The maximum absolute atomic E-state index is 12.1. The molecule has 0 aliphatic rings. The molecule has 1 aromatic carbocycles. The third-order valence-electron chi connectivity index (χ3n) is 3.43. The Kier molecular flexibility index (Phi) is 6.76. The van der Waals surface area contributed by atoms with Crippen molar-refractivity contribution in [1.82, 2.24) is 0 Å². The van der Waals surface area contributed by atoms with Gasteiger partial charge in [0.15, 0.2) is 0 Å². The van der Waals surface area contributed by atoms with Crippen molar-refractivity contribution in [3.05, 3.63) is 29.8 Å². The number of Topliss-reactive ketones (excluding diaryl/α,β-unsaturated/α-hetero) is 2. The van der Waals surface area contributed by atoms with Gasteiger partial charge in [-0.05, 0) is 38.5 Å². The van der Waals surface area contributed by atoms with E-state index in [2.05, 4.69) is 0 Å². The smallest absolute Gasteiger partial charge is 0.317 e. The molecule has 1 rings (SSSR count). The zero-order valence-electron chi connectivity index (χ0n) is 13.4. The molecule has 22 heavy (non-hydrogen) atoms. The van der Waals surface area contributed by atoms with Gasteiger partial charge in [-0.1, -0.05) is 12.1 Å². The summed E-state index contributed by atoms with van der Waals surface area (Å²) >= 11 is 0. The minimum atomic E-state index is -0.975. The van der Waals surface area contributed by atoms with Gasteiger partial charge in [0.2, 0.25) is 0 Å². The van der Waals surface area contributed by atoms with E-state index >= 15 is 0 Å². The van der Waals surface area contributed by atoms with Gasteiger partial charge >= 0.3 is 5.97 Å². The zero-order valence-corrected chi connectivity index (χ0v) is 13.4. The maximum Gasteiger partial charge on any atom is 0.317 e. The lowest BCUT2D eigenvalue weighted by Gasteiger charge is -2.23. The van der Waals surface area contributed by atoms with Crippen molar-refractivity contribution >= 4 is 17.5 Å². The summed E-state index contributed by atoms with van der Waals surface area (Å²) in [5, 5.41) is 0. The zero-order chi connectivity index (χ0) is 16.7. The number of ether oxygens (including phenoxy) is 2. The Labute approximate surface area is 130 Å². The molecule has 0 amide bonds. The van der Waals surface area contributed by atoms with Crippen LogP contribution >= 0.6 is 0 Å². The first kappa shape index (κ1) is 17.9. The first-order valence-corrected chi connectivity index (χ1v) is 7.21. The molecule has 0 N–H and O–H groups in total. The fourth-order valence-corrected chi connectivity index (χ4v) is 2.43. The summed E-state index contributed by atoms with van der Waals surface area (Å²) in [4.78, 5) is 35.6. The summed E-state index contributed by atoms with van der Waals surface area (Å²) in [6.07, 6.45) is 0.107. The molecule has 5 nitrogen and oxygen atoms in total. The number of rotatable bonds is 8. The van der Waals surface area contributed by atoms with E-state index in [0.29, 0.717) is 5.75 Å². The topological polar surface area (TPSA) is 69.7 Å². The molecule has 0 heterocycles. The van der Waals surface area contributed by atoms with E-state index in [1.54, 1.807) is 38.3 Å². The van der Waals surface area contributed by atoms with Crippen molar-refractivity contribution < 1.29 is 23.9 Å². The van der Waals surface area contributed by atoms with Crippen LogP contribution in [-0.2, 0) is 19.1 Å². The van der Waals surface area contributed by atoms with Crippen molar-refractivity contribution in [3.8, 4) is 5.75 Å².